The van der Waals surface area contributed by atoms with Gasteiger partial charge in [0.25, 0.3) is 0 Å². The zero-order valence-corrected chi connectivity index (χ0v) is 11.7. The van der Waals surface area contributed by atoms with Crippen molar-refractivity contribution in [2.24, 2.45) is 4.99 Å². The van der Waals surface area contributed by atoms with E-state index in [0.29, 0.717) is 5.17 Å². The Balaban J connectivity index is 1.99. The van der Waals surface area contributed by atoms with Crippen LogP contribution in [-0.2, 0) is 14.3 Å². The highest BCUT2D eigenvalue weighted by atomic mass is 32.2. The molecular formula is C11H17FN2O5S. The summed E-state index contributed by atoms with van der Waals surface area (Å²) < 4.78 is 22.5. The molecule has 2 aliphatic rings. The molecule has 5 atom stereocenters. The van der Waals surface area contributed by atoms with E-state index in [1.165, 1.54) is 18.7 Å². The number of ether oxygens (including phenoxy) is 2. The molecule has 0 bridgehead atoms. The molecule has 0 radical (unpaired) electrons. The SMILES string of the molecule is CC(=O)OC[C@H]1O[C@@H]2SC(=NCCF)N[C@@H]2[C@@H](O)[C@@H]1O. The summed E-state index contributed by atoms with van der Waals surface area (Å²) in [6.45, 7) is 0.586. The molecule has 3 N–H and O–H groups in total. The Bertz CT molecular complexity index is 397. The molecule has 2 saturated heterocycles. The van der Waals surface area contributed by atoms with Crippen molar-refractivity contribution in [1.29, 1.82) is 0 Å². The minimum Gasteiger partial charge on any atom is -0.463 e. The molecule has 0 aliphatic carbocycles. The van der Waals surface area contributed by atoms with Gasteiger partial charge in [-0.25, -0.2) is 4.39 Å². The van der Waals surface area contributed by atoms with Gasteiger partial charge < -0.3 is 25.0 Å². The fraction of sp³-hybridized carbons (Fsp3) is 0.818. The Morgan fingerprint density at radius 1 is 1.55 bits per heavy atom. The van der Waals surface area contributed by atoms with Crippen LogP contribution in [0.1, 0.15) is 6.92 Å². The molecule has 2 aliphatic heterocycles. The number of hydrogen-bond acceptors (Lipinski definition) is 7. The Kier molecular flexibility index (Phi) is 5.19. The molecule has 0 unspecified atom stereocenters. The molecule has 0 aromatic heterocycles. The number of amidine groups is 1. The maximum absolute atomic E-state index is 12.1. The minimum absolute atomic E-state index is 0.0320. The second-order valence-corrected chi connectivity index (χ2v) is 5.58. The molecule has 0 saturated carbocycles. The van der Waals surface area contributed by atoms with Gasteiger partial charge in [0, 0.05) is 6.92 Å². The lowest BCUT2D eigenvalue weighted by molar-refractivity contribution is -0.179. The number of aliphatic hydroxyl groups excluding tert-OH is 2. The topological polar surface area (TPSA) is 100 Å². The zero-order valence-electron chi connectivity index (χ0n) is 10.9. The van der Waals surface area contributed by atoms with Crippen molar-refractivity contribution in [3.63, 3.8) is 0 Å². The number of carbonyl (C=O) groups is 1. The molecule has 20 heavy (non-hydrogen) atoms. The van der Waals surface area contributed by atoms with Gasteiger partial charge >= 0.3 is 5.97 Å². The summed E-state index contributed by atoms with van der Waals surface area (Å²) in [5.41, 5.74) is -0.465. The fourth-order valence-electron chi connectivity index (χ4n) is 2.04. The van der Waals surface area contributed by atoms with Gasteiger partial charge in [-0.2, -0.15) is 0 Å². The van der Waals surface area contributed by atoms with Crippen LogP contribution < -0.4 is 5.32 Å². The van der Waals surface area contributed by atoms with E-state index in [0.717, 1.165) is 0 Å². The number of thioether (sulfide) groups is 1. The third-order valence-electron chi connectivity index (χ3n) is 3.01. The second-order valence-electron chi connectivity index (χ2n) is 4.49. The average molecular weight is 308 g/mol. The minimum atomic E-state index is -1.18. The highest BCUT2D eigenvalue weighted by Gasteiger charge is 2.49. The molecule has 114 valence electrons. The third-order valence-corrected chi connectivity index (χ3v) is 4.12. The molecule has 0 aromatic carbocycles. The van der Waals surface area contributed by atoms with Gasteiger partial charge in [0.2, 0.25) is 0 Å². The number of halogens is 1. The highest BCUT2D eigenvalue weighted by molar-refractivity contribution is 8.14. The van der Waals surface area contributed by atoms with E-state index in [9.17, 15) is 19.4 Å². The maximum atomic E-state index is 12.1. The summed E-state index contributed by atoms with van der Waals surface area (Å²) in [5, 5.41) is 23.4. The number of carbonyl (C=O) groups excluding carboxylic acids is 1. The van der Waals surface area contributed by atoms with Gasteiger partial charge in [-0.15, -0.1) is 0 Å². The van der Waals surface area contributed by atoms with Gasteiger partial charge in [-0.3, -0.25) is 9.79 Å². The summed E-state index contributed by atoms with van der Waals surface area (Å²) in [6, 6.07) is -0.526. The van der Waals surface area contributed by atoms with Crippen molar-refractivity contribution in [2.75, 3.05) is 19.8 Å². The van der Waals surface area contributed by atoms with Crippen LogP contribution in [-0.4, -0.2) is 71.0 Å². The predicted octanol–water partition coefficient (Wildman–Crippen LogP) is -0.973. The number of aliphatic imine (C=N–C) groups is 1. The van der Waals surface area contributed by atoms with E-state index in [-0.39, 0.29) is 13.2 Å². The van der Waals surface area contributed by atoms with Crippen LogP contribution in [0.4, 0.5) is 4.39 Å². The lowest BCUT2D eigenvalue weighted by Gasteiger charge is -2.38. The molecule has 9 heteroatoms. The normalized spacial score (nSPS) is 38.4. The van der Waals surface area contributed by atoms with Gasteiger partial charge in [-0.1, -0.05) is 11.8 Å². The van der Waals surface area contributed by atoms with Crippen LogP contribution in [0.2, 0.25) is 0 Å². The number of aliphatic hydroxyl groups is 2. The van der Waals surface area contributed by atoms with Gasteiger partial charge in [0.15, 0.2) is 5.17 Å². The molecule has 2 rings (SSSR count). The number of nitrogens with zero attached hydrogens (tertiary/aromatic N) is 1. The van der Waals surface area contributed by atoms with Crippen molar-refractivity contribution in [3.8, 4) is 0 Å². The number of rotatable bonds is 4. The largest absolute Gasteiger partial charge is 0.463 e. The fourth-order valence-corrected chi connectivity index (χ4v) is 3.20. The summed E-state index contributed by atoms with van der Waals surface area (Å²) in [6.07, 6.45) is -3.06. The van der Waals surface area contributed by atoms with Crippen molar-refractivity contribution >= 4 is 22.9 Å². The quantitative estimate of drug-likeness (QED) is 0.574. The summed E-state index contributed by atoms with van der Waals surface area (Å²) in [4.78, 5) is 14.7. The van der Waals surface area contributed by atoms with E-state index in [1.807, 2.05) is 0 Å². The Morgan fingerprint density at radius 3 is 2.95 bits per heavy atom. The molecule has 0 spiro atoms. The van der Waals surface area contributed by atoms with E-state index in [2.05, 4.69) is 10.3 Å². The molecule has 2 fully saturated rings. The van der Waals surface area contributed by atoms with E-state index < -0.39 is 42.4 Å². The Hall–Kier alpha value is -0.900. The molecular weight excluding hydrogens is 291 g/mol. The van der Waals surface area contributed by atoms with Gasteiger partial charge in [0.1, 0.15) is 37.0 Å². The Morgan fingerprint density at radius 2 is 2.30 bits per heavy atom. The number of hydrogen-bond donors (Lipinski definition) is 3. The number of esters is 1. The van der Waals surface area contributed by atoms with E-state index >= 15 is 0 Å². The van der Waals surface area contributed by atoms with Crippen molar-refractivity contribution < 1.29 is 28.9 Å². The van der Waals surface area contributed by atoms with E-state index in [1.54, 1.807) is 0 Å². The lowest BCUT2D eigenvalue weighted by atomic mass is 9.98. The maximum Gasteiger partial charge on any atom is 0.302 e. The summed E-state index contributed by atoms with van der Waals surface area (Å²) in [5.74, 6) is -0.486. The third kappa shape index (κ3) is 3.40. The van der Waals surface area contributed by atoms with Crippen LogP contribution in [0.3, 0.4) is 0 Å². The first-order chi connectivity index (χ1) is 9.52. The second kappa shape index (κ2) is 6.70. The van der Waals surface area contributed by atoms with Crippen LogP contribution in [0.15, 0.2) is 4.99 Å². The van der Waals surface area contributed by atoms with Gasteiger partial charge in [-0.05, 0) is 0 Å². The monoisotopic (exact) mass is 308 g/mol. The van der Waals surface area contributed by atoms with Crippen LogP contribution in [0, 0.1) is 0 Å². The highest BCUT2D eigenvalue weighted by Crippen LogP contribution is 2.33. The van der Waals surface area contributed by atoms with Crippen molar-refractivity contribution in [2.45, 2.75) is 36.7 Å². The smallest absolute Gasteiger partial charge is 0.302 e. The number of alkyl halides is 1. The molecule has 0 amide bonds. The zero-order chi connectivity index (χ0) is 14.7. The first-order valence-electron chi connectivity index (χ1n) is 6.21. The number of fused-ring (bicyclic) bond motifs is 1. The summed E-state index contributed by atoms with van der Waals surface area (Å²) in [7, 11) is 0. The lowest BCUT2D eigenvalue weighted by Crippen LogP contribution is -2.59. The van der Waals surface area contributed by atoms with Crippen molar-refractivity contribution in [1.82, 2.24) is 5.32 Å². The first-order valence-corrected chi connectivity index (χ1v) is 7.09. The van der Waals surface area contributed by atoms with Crippen molar-refractivity contribution in [3.05, 3.63) is 0 Å². The molecule has 2 heterocycles. The molecule has 7 nitrogen and oxygen atoms in total. The van der Waals surface area contributed by atoms with Crippen LogP contribution in [0.5, 0.6) is 0 Å². The van der Waals surface area contributed by atoms with Crippen LogP contribution in [0.25, 0.3) is 0 Å². The predicted molar refractivity (Wildman–Crippen MR) is 70.1 cm³/mol. The number of nitrogens with one attached hydrogen (secondary N) is 1. The Labute approximate surface area is 119 Å². The first kappa shape index (κ1) is 15.5. The standard InChI is InChI=1S/C11H17FN2O5S/c1-5(15)18-4-6-8(16)9(17)7-10(19-6)20-11(14-7)13-3-2-12/h6-10,16-17H,2-4H2,1H3,(H,13,14)/t6-,7-,8-,9-,10-/m1/s1. The van der Waals surface area contributed by atoms with E-state index in [4.69, 9.17) is 9.47 Å². The van der Waals surface area contributed by atoms with Gasteiger partial charge in [0.05, 0.1) is 12.6 Å². The van der Waals surface area contributed by atoms with Crippen LogP contribution >= 0.6 is 11.8 Å². The summed E-state index contributed by atoms with van der Waals surface area (Å²) >= 11 is 1.22. The molecule has 0 aromatic rings. The average Bonchev–Trinajstić information content (AvgIpc) is 2.82.